The van der Waals surface area contributed by atoms with Gasteiger partial charge in [0.15, 0.2) is 0 Å². The normalized spacial score (nSPS) is 11.3. The number of carbonyl (C=O) groups is 1. The molecule has 7 heteroatoms. The van der Waals surface area contributed by atoms with Crippen LogP contribution in [0.25, 0.3) is 11.1 Å². The molecule has 0 aliphatic carbocycles. The molecule has 31 heavy (non-hydrogen) atoms. The van der Waals surface area contributed by atoms with E-state index in [1.807, 2.05) is 24.3 Å². The van der Waals surface area contributed by atoms with Crippen molar-refractivity contribution in [1.82, 2.24) is 0 Å². The molecule has 2 aromatic carbocycles. The molecule has 0 saturated carbocycles. The number of hydrogen-bond donors (Lipinski definition) is 1. The Labute approximate surface area is 185 Å². The summed E-state index contributed by atoms with van der Waals surface area (Å²) in [6.07, 6.45) is 10.1. The summed E-state index contributed by atoms with van der Waals surface area (Å²) in [6, 6.07) is 14.4. The minimum atomic E-state index is -4.35. The minimum Gasteiger partial charge on any atom is -0.494 e. The highest BCUT2D eigenvalue weighted by Gasteiger charge is 2.12. The Bertz CT molecular complexity index is 889. The Kier molecular flexibility index (Phi) is 10.5. The molecule has 0 unspecified atom stereocenters. The smallest absolute Gasteiger partial charge is 0.339 e. The fourth-order valence-corrected chi connectivity index (χ4v) is 3.44. The number of esters is 1. The number of benzene rings is 2. The van der Waals surface area contributed by atoms with Gasteiger partial charge >= 0.3 is 16.1 Å². The highest BCUT2D eigenvalue weighted by molar-refractivity contribution is 7.85. The molecule has 0 atom stereocenters. The minimum absolute atomic E-state index is 0.206. The molecule has 2 aromatic rings. The van der Waals surface area contributed by atoms with E-state index in [0.717, 1.165) is 23.3 Å². The van der Waals surface area contributed by atoms with E-state index in [1.54, 1.807) is 24.3 Å². The lowest BCUT2D eigenvalue weighted by Crippen LogP contribution is -2.13. The number of rotatable bonds is 14. The summed E-state index contributed by atoms with van der Waals surface area (Å²) in [4.78, 5) is 11.8. The quantitative estimate of drug-likeness (QED) is 0.221. The maximum absolute atomic E-state index is 11.8. The van der Waals surface area contributed by atoms with Crippen LogP contribution >= 0.6 is 0 Å². The Hall–Kier alpha value is -2.38. The molecule has 0 aliphatic heterocycles. The molecule has 0 heterocycles. The van der Waals surface area contributed by atoms with Gasteiger partial charge in [-0.05, 0) is 41.8 Å². The zero-order valence-electron chi connectivity index (χ0n) is 18.1. The first-order valence-corrected chi connectivity index (χ1v) is 12.5. The van der Waals surface area contributed by atoms with Gasteiger partial charge in [0, 0.05) is 0 Å². The Balaban J connectivity index is 1.74. The zero-order chi connectivity index (χ0) is 22.5. The number of hydrogen-bond acceptors (Lipinski definition) is 5. The van der Waals surface area contributed by atoms with Crippen molar-refractivity contribution in [3.8, 4) is 16.9 Å². The molecule has 1 N–H and O–H groups in total. The summed E-state index contributed by atoms with van der Waals surface area (Å²) >= 11 is 0. The van der Waals surface area contributed by atoms with E-state index in [-0.39, 0.29) is 5.56 Å². The van der Waals surface area contributed by atoms with Crippen LogP contribution in [0.3, 0.4) is 0 Å². The van der Waals surface area contributed by atoms with Crippen LogP contribution in [0, 0.1) is 0 Å². The summed E-state index contributed by atoms with van der Waals surface area (Å²) < 4.78 is 40.3. The van der Waals surface area contributed by atoms with Gasteiger partial charge in [-0.25, -0.2) is 4.79 Å². The molecule has 0 radical (unpaired) electrons. The summed E-state index contributed by atoms with van der Waals surface area (Å²) in [7, 11) is -4.35. The van der Waals surface area contributed by atoms with Crippen LogP contribution in [0.1, 0.15) is 68.6 Å². The SMILES string of the molecule is CCCCCCCCCCOc1ccc(-c2ccc(C(=O)OCS(=O)(=O)O)cc2)cc1. The van der Waals surface area contributed by atoms with Crippen molar-refractivity contribution >= 4 is 16.1 Å². The third-order valence-electron chi connectivity index (χ3n) is 4.91. The van der Waals surface area contributed by atoms with E-state index in [1.165, 1.54) is 44.9 Å². The maximum Gasteiger partial charge on any atom is 0.339 e. The molecule has 0 bridgehead atoms. The van der Waals surface area contributed by atoms with Gasteiger partial charge in [0.25, 0.3) is 0 Å². The van der Waals surface area contributed by atoms with Gasteiger partial charge in [0.2, 0.25) is 5.94 Å². The topological polar surface area (TPSA) is 89.9 Å². The Morgan fingerprint density at radius 3 is 1.87 bits per heavy atom. The van der Waals surface area contributed by atoms with Crippen LogP contribution in [-0.2, 0) is 14.9 Å². The van der Waals surface area contributed by atoms with E-state index in [0.29, 0.717) is 6.61 Å². The van der Waals surface area contributed by atoms with Crippen molar-refractivity contribution in [2.45, 2.75) is 58.3 Å². The molecule has 2 rings (SSSR count). The standard InChI is InChI=1S/C24H32O6S/c1-2-3-4-5-6-7-8-9-18-29-23-16-14-21(15-17-23)20-10-12-22(13-11-20)24(25)30-19-31(26,27)28/h10-17H,2-9,18-19H2,1H3,(H,26,27,28). The molecule has 6 nitrogen and oxygen atoms in total. The summed E-state index contributed by atoms with van der Waals surface area (Å²) in [5.41, 5.74) is 2.08. The van der Waals surface area contributed by atoms with Gasteiger partial charge in [-0.1, -0.05) is 76.1 Å². The fourth-order valence-electron chi connectivity index (χ4n) is 3.18. The zero-order valence-corrected chi connectivity index (χ0v) is 18.9. The van der Waals surface area contributed by atoms with Crippen molar-refractivity contribution in [3.63, 3.8) is 0 Å². The molecular weight excluding hydrogens is 416 g/mol. The third kappa shape index (κ3) is 9.98. The number of ether oxygens (including phenoxy) is 2. The van der Waals surface area contributed by atoms with Gasteiger partial charge < -0.3 is 9.47 Å². The van der Waals surface area contributed by atoms with Gasteiger partial charge in [-0.2, -0.15) is 8.42 Å². The first kappa shape index (κ1) is 24.9. The first-order valence-electron chi connectivity index (χ1n) is 10.8. The van der Waals surface area contributed by atoms with Crippen LogP contribution in [0.4, 0.5) is 0 Å². The van der Waals surface area contributed by atoms with E-state index >= 15 is 0 Å². The lowest BCUT2D eigenvalue weighted by Gasteiger charge is -2.08. The highest BCUT2D eigenvalue weighted by atomic mass is 32.2. The highest BCUT2D eigenvalue weighted by Crippen LogP contribution is 2.23. The van der Waals surface area contributed by atoms with Crippen LogP contribution in [0.15, 0.2) is 48.5 Å². The molecule has 0 saturated heterocycles. The van der Waals surface area contributed by atoms with Crippen molar-refractivity contribution in [2.24, 2.45) is 0 Å². The predicted molar refractivity (Wildman–Crippen MR) is 122 cm³/mol. The lowest BCUT2D eigenvalue weighted by atomic mass is 10.0. The summed E-state index contributed by atoms with van der Waals surface area (Å²) in [5.74, 6) is -1.04. The number of unbranched alkanes of at least 4 members (excludes halogenated alkanes) is 7. The van der Waals surface area contributed by atoms with Gasteiger partial charge in [-0.15, -0.1) is 0 Å². The molecule has 0 fully saturated rings. The van der Waals surface area contributed by atoms with E-state index < -0.39 is 22.0 Å². The van der Waals surface area contributed by atoms with Gasteiger partial charge in [-0.3, -0.25) is 4.55 Å². The molecular formula is C24H32O6S. The van der Waals surface area contributed by atoms with Crippen LogP contribution in [0.5, 0.6) is 5.75 Å². The van der Waals surface area contributed by atoms with Crippen molar-refractivity contribution in [1.29, 1.82) is 0 Å². The number of carbonyl (C=O) groups excluding carboxylic acids is 1. The predicted octanol–water partition coefficient (Wildman–Crippen LogP) is 5.88. The molecule has 0 spiro atoms. The Morgan fingerprint density at radius 1 is 0.806 bits per heavy atom. The first-order chi connectivity index (χ1) is 14.9. The third-order valence-corrected chi connectivity index (χ3v) is 5.33. The monoisotopic (exact) mass is 448 g/mol. The second kappa shape index (κ2) is 13.1. The Morgan fingerprint density at radius 2 is 1.32 bits per heavy atom. The van der Waals surface area contributed by atoms with E-state index in [9.17, 15) is 13.2 Å². The molecule has 0 aliphatic rings. The second-order valence-electron chi connectivity index (χ2n) is 7.56. The van der Waals surface area contributed by atoms with Gasteiger partial charge in [0.1, 0.15) is 5.75 Å². The van der Waals surface area contributed by atoms with E-state index in [2.05, 4.69) is 11.7 Å². The van der Waals surface area contributed by atoms with Gasteiger partial charge in [0.05, 0.1) is 12.2 Å². The largest absolute Gasteiger partial charge is 0.494 e. The second-order valence-corrected chi connectivity index (χ2v) is 8.96. The molecule has 170 valence electrons. The van der Waals surface area contributed by atoms with Crippen LogP contribution < -0.4 is 4.74 Å². The van der Waals surface area contributed by atoms with Crippen molar-refractivity contribution in [2.75, 3.05) is 12.5 Å². The van der Waals surface area contributed by atoms with Crippen LogP contribution in [-0.4, -0.2) is 31.5 Å². The lowest BCUT2D eigenvalue weighted by molar-refractivity contribution is 0.0564. The van der Waals surface area contributed by atoms with Crippen molar-refractivity contribution in [3.05, 3.63) is 54.1 Å². The average molecular weight is 449 g/mol. The summed E-state index contributed by atoms with van der Waals surface area (Å²) in [5, 5.41) is 0. The maximum atomic E-state index is 11.8. The van der Waals surface area contributed by atoms with Crippen LogP contribution in [0.2, 0.25) is 0 Å². The molecule has 0 aromatic heterocycles. The molecule has 0 amide bonds. The summed E-state index contributed by atoms with van der Waals surface area (Å²) in [6.45, 7) is 2.95. The fraction of sp³-hybridized carbons (Fsp3) is 0.458. The van der Waals surface area contributed by atoms with E-state index in [4.69, 9.17) is 9.29 Å². The van der Waals surface area contributed by atoms with Crippen molar-refractivity contribution < 1.29 is 27.2 Å². The average Bonchev–Trinajstić information content (AvgIpc) is 2.76.